The summed E-state index contributed by atoms with van der Waals surface area (Å²) in [5.41, 5.74) is 5.64. The summed E-state index contributed by atoms with van der Waals surface area (Å²) in [6, 6.07) is 4.35. The molecule has 2 rings (SSSR count). The summed E-state index contributed by atoms with van der Waals surface area (Å²) in [5.74, 6) is 0.428. The lowest BCUT2D eigenvalue weighted by Gasteiger charge is -2.07. The van der Waals surface area contributed by atoms with Crippen LogP contribution in [0, 0.1) is 17.1 Å². The monoisotopic (exact) mass is 222 g/mol. The molecule has 1 aliphatic rings. The van der Waals surface area contributed by atoms with Gasteiger partial charge in [0, 0.05) is 5.56 Å². The van der Waals surface area contributed by atoms with Gasteiger partial charge in [-0.05, 0) is 30.5 Å². The van der Waals surface area contributed by atoms with Crippen molar-refractivity contribution in [3.8, 4) is 5.75 Å². The molecule has 1 saturated carbocycles. The first-order valence-electron chi connectivity index (χ1n) is 5.43. The van der Waals surface area contributed by atoms with Gasteiger partial charge in [-0.1, -0.05) is 12.8 Å². The lowest BCUT2D eigenvalue weighted by Crippen LogP contribution is -2.11. The molecule has 0 spiro atoms. The van der Waals surface area contributed by atoms with Gasteiger partial charge < -0.3 is 10.5 Å². The van der Waals surface area contributed by atoms with Gasteiger partial charge in [-0.15, -0.1) is 0 Å². The average molecular weight is 222 g/mol. The molecule has 0 bridgehead atoms. The SMILES string of the molecule is N=C(N)c1ccc(OCCC2CC2)c(F)c1. The van der Waals surface area contributed by atoms with Gasteiger partial charge in [0.1, 0.15) is 5.84 Å². The Morgan fingerprint density at radius 1 is 1.50 bits per heavy atom. The molecule has 1 aromatic carbocycles. The van der Waals surface area contributed by atoms with Crippen LogP contribution in [-0.2, 0) is 0 Å². The van der Waals surface area contributed by atoms with Gasteiger partial charge in [-0.3, -0.25) is 5.41 Å². The summed E-state index contributed by atoms with van der Waals surface area (Å²) in [6.45, 7) is 0.557. The third-order valence-electron chi connectivity index (χ3n) is 2.72. The van der Waals surface area contributed by atoms with E-state index in [9.17, 15) is 4.39 Å². The minimum atomic E-state index is -0.455. The standard InChI is InChI=1S/C12H15FN2O/c13-10-7-9(12(14)15)3-4-11(10)16-6-5-8-1-2-8/h3-4,7-8H,1-2,5-6H2,(H3,14,15). The first-order chi connectivity index (χ1) is 7.66. The average Bonchev–Trinajstić information content (AvgIpc) is 3.04. The highest BCUT2D eigenvalue weighted by Gasteiger charge is 2.20. The Kier molecular flexibility index (Phi) is 3.08. The number of hydrogen-bond acceptors (Lipinski definition) is 2. The molecule has 0 aromatic heterocycles. The molecule has 3 nitrogen and oxygen atoms in total. The Morgan fingerprint density at radius 2 is 2.25 bits per heavy atom. The van der Waals surface area contributed by atoms with Crippen molar-refractivity contribution in [2.75, 3.05) is 6.61 Å². The number of nitrogen functional groups attached to an aromatic ring is 1. The molecule has 1 aromatic rings. The molecule has 0 atom stereocenters. The quantitative estimate of drug-likeness (QED) is 0.593. The van der Waals surface area contributed by atoms with Crippen LogP contribution in [0.15, 0.2) is 18.2 Å². The summed E-state index contributed by atoms with van der Waals surface area (Å²) in [6.07, 6.45) is 3.54. The Labute approximate surface area is 93.9 Å². The number of benzene rings is 1. The third-order valence-corrected chi connectivity index (χ3v) is 2.72. The number of halogens is 1. The van der Waals surface area contributed by atoms with Crippen LogP contribution in [0.5, 0.6) is 5.75 Å². The predicted molar refractivity (Wildman–Crippen MR) is 60.3 cm³/mol. The normalized spacial score (nSPS) is 14.8. The summed E-state index contributed by atoms with van der Waals surface area (Å²) in [5, 5.41) is 7.18. The van der Waals surface area contributed by atoms with Crippen molar-refractivity contribution in [1.82, 2.24) is 0 Å². The first kappa shape index (κ1) is 10.9. The summed E-state index contributed by atoms with van der Waals surface area (Å²) in [7, 11) is 0. The molecule has 0 unspecified atom stereocenters. The highest BCUT2D eigenvalue weighted by Crippen LogP contribution is 2.32. The summed E-state index contributed by atoms with van der Waals surface area (Å²) < 4.78 is 18.8. The van der Waals surface area contributed by atoms with Crippen LogP contribution in [0.25, 0.3) is 0 Å². The third kappa shape index (κ3) is 2.72. The molecule has 4 heteroatoms. The molecule has 0 radical (unpaired) electrons. The van der Waals surface area contributed by atoms with Gasteiger partial charge in [-0.25, -0.2) is 4.39 Å². The second-order valence-electron chi connectivity index (χ2n) is 4.14. The molecule has 1 fully saturated rings. The van der Waals surface area contributed by atoms with Crippen LogP contribution < -0.4 is 10.5 Å². The maximum atomic E-state index is 13.5. The lowest BCUT2D eigenvalue weighted by atomic mass is 10.2. The van der Waals surface area contributed by atoms with Crippen LogP contribution in [0.1, 0.15) is 24.8 Å². The number of rotatable bonds is 5. The number of amidine groups is 1. The molecule has 16 heavy (non-hydrogen) atoms. The smallest absolute Gasteiger partial charge is 0.165 e. The molecule has 0 heterocycles. The maximum Gasteiger partial charge on any atom is 0.165 e. The van der Waals surface area contributed by atoms with E-state index in [0.29, 0.717) is 12.2 Å². The van der Waals surface area contributed by atoms with E-state index in [4.69, 9.17) is 15.9 Å². The van der Waals surface area contributed by atoms with Crippen LogP contribution in [0.4, 0.5) is 4.39 Å². The number of nitrogens with two attached hydrogens (primary N) is 1. The summed E-state index contributed by atoms with van der Waals surface area (Å²) >= 11 is 0. The molecule has 86 valence electrons. The predicted octanol–water partition coefficient (Wildman–Crippen LogP) is 2.29. The molecule has 0 saturated heterocycles. The number of ether oxygens (including phenoxy) is 1. The van der Waals surface area contributed by atoms with Crippen LogP contribution in [-0.4, -0.2) is 12.4 Å². The molecular formula is C12H15FN2O. The number of nitrogens with one attached hydrogen (secondary N) is 1. The Hall–Kier alpha value is -1.58. The van der Waals surface area contributed by atoms with E-state index in [1.54, 1.807) is 6.07 Å². The fourth-order valence-corrected chi connectivity index (χ4v) is 1.53. The van der Waals surface area contributed by atoms with E-state index < -0.39 is 5.82 Å². The Balaban J connectivity index is 1.95. The molecular weight excluding hydrogens is 207 g/mol. The van der Waals surface area contributed by atoms with E-state index >= 15 is 0 Å². The van der Waals surface area contributed by atoms with Gasteiger partial charge in [0.15, 0.2) is 11.6 Å². The fraction of sp³-hybridized carbons (Fsp3) is 0.417. The van der Waals surface area contributed by atoms with E-state index in [2.05, 4.69) is 0 Å². The maximum absolute atomic E-state index is 13.5. The van der Waals surface area contributed by atoms with Crippen LogP contribution in [0.2, 0.25) is 0 Å². The summed E-state index contributed by atoms with van der Waals surface area (Å²) in [4.78, 5) is 0. The highest BCUT2D eigenvalue weighted by atomic mass is 19.1. The van der Waals surface area contributed by atoms with Crippen LogP contribution >= 0.6 is 0 Å². The van der Waals surface area contributed by atoms with Crippen molar-refractivity contribution in [3.63, 3.8) is 0 Å². The topological polar surface area (TPSA) is 59.1 Å². The van der Waals surface area contributed by atoms with Gasteiger partial charge in [0.25, 0.3) is 0 Å². The van der Waals surface area contributed by atoms with Gasteiger partial charge in [0.2, 0.25) is 0 Å². The molecule has 0 aliphatic heterocycles. The molecule has 1 aliphatic carbocycles. The largest absolute Gasteiger partial charge is 0.491 e. The Morgan fingerprint density at radius 3 is 2.81 bits per heavy atom. The minimum Gasteiger partial charge on any atom is -0.491 e. The zero-order valence-corrected chi connectivity index (χ0v) is 9.00. The molecule has 3 N–H and O–H groups in total. The Bertz CT molecular complexity index is 402. The van der Waals surface area contributed by atoms with Crippen LogP contribution in [0.3, 0.4) is 0 Å². The van der Waals surface area contributed by atoms with E-state index in [0.717, 1.165) is 12.3 Å². The zero-order valence-electron chi connectivity index (χ0n) is 9.00. The van der Waals surface area contributed by atoms with Crippen molar-refractivity contribution in [3.05, 3.63) is 29.6 Å². The van der Waals surface area contributed by atoms with Gasteiger partial charge in [0.05, 0.1) is 6.61 Å². The van der Waals surface area contributed by atoms with Crippen molar-refractivity contribution < 1.29 is 9.13 Å². The minimum absolute atomic E-state index is 0.136. The zero-order chi connectivity index (χ0) is 11.5. The van der Waals surface area contributed by atoms with Gasteiger partial charge >= 0.3 is 0 Å². The van der Waals surface area contributed by atoms with Gasteiger partial charge in [-0.2, -0.15) is 0 Å². The second kappa shape index (κ2) is 4.51. The number of hydrogen-bond donors (Lipinski definition) is 2. The van der Waals surface area contributed by atoms with E-state index in [1.165, 1.54) is 25.0 Å². The molecule has 0 amide bonds. The fourth-order valence-electron chi connectivity index (χ4n) is 1.53. The first-order valence-corrected chi connectivity index (χ1v) is 5.43. The van der Waals surface area contributed by atoms with Crippen molar-refractivity contribution in [2.45, 2.75) is 19.3 Å². The lowest BCUT2D eigenvalue weighted by molar-refractivity contribution is 0.288. The second-order valence-corrected chi connectivity index (χ2v) is 4.14. The highest BCUT2D eigenvalue weighted by molar-refractivity contribution is 5.95. The van der Waals surface area contributed by atoms with Crippen molar-refractivity contribution in [1.29, 1.82) is 5.41 Å². The van der Waals surface area contributed by atoms with Crippen molar-refractivity contribution >= 4 is 5.84 Å². The van der Waals surface area contributed by atoms with Crippen molar-refractivity contribution in [2.24, 2.45) is 11.7 Å². The van der Waals surface area contributed by atoms with E-state index in [1.807, 2.05) is 0 Å². The van der Waals surface area contributed by atoms with E-state index in [-0.39, 0.29) is 11.6 Å².